The highest BCUT2D eigenvalue weighted by Gasteiger charge is 2.20. The van der Waals surface area contributed by atoms with Crippen molar-refractivity contribution in [2.24, 2.45) is 5.92 Å². The van der Waals surface area contributed by atoms with Crippen molar-refractivity contribution in [3.8, 4) is 5.75 Å². The molecule has 0 bridgehead atoms. The van der Waals surface area contributed by atoms with Gasteiger partial charge in [-0.05, 0) is 67.8 Å². The summed E-state index contributed by atoms with van der Waals surface area (Å²) in [5.74, 6) is -0.0315. The van der Waals surface area contributed by atoms with Crippen molar-refractivity contribution < 1.29 is 14.3 Å². The summed E-state index contributed by atoms with van der Waals surface area (Å²) in [5.41, 5.74) is 1.14. The standard InChI is InChI=1S/C20H18ClNO3/c21-16-8-6-14(7-9-16)19(23)22-17-10-12-18(13-11-17)25-20(24)15-4-2-1-3-5-15/h1-2,6-13,15H,3-5H2,(H,22,23)/t15-/m1/s1. The van der Waals surface area contributed by atoms with E-state index in [-0.39, 0.29) is 17.8 Å². The lowest BCUT2D eigenvalue weighted by atomic mass is 9.95. The molecule has 0 saturated carbocycles. The summed E-state index contributed by atoms with van der Waals surface area (Å²) in [6.45, 7) is 0. The van der Waals surface area contributed by atoms with Crippen LogP contribution in [0.2, 0.25) is 5.02 Å². The number of amides is 1. The fraction of sp³-hybridized carbons (Fsp3) is 0.200. The first kappa shape index (κ1) is 17.2. The molecule has 0 fully saturated rings. The van der Waals surface area contributed by atoms with Gasteiger partial charge in [-0.2, -0.15) is 0 Å². The Bertz CT molecular complexity index is 782. The molecule has 3 rings (SSSR count). The Morgan fingerprint density at radius 3 is 2.36 bits per heavy atom. The van der Waals surface area contributed by atoms with Gasteiger partial charge in [0.15, 0.2) is 0 Å². The summed E-state index contributed by atoms with van der Waals surface area (Å²) in [7, 11) is 0. The van der Waals surface area contributed by atoms with Crippen LogP contribution in [-0.2, 0) is 4.79 Å². The fourth-order valence-corrected chi connectivity index (χ4v) is 2.74. The topological polar surface area (TPSA) is 55.4 Å². The van der Waals surface area contributed by atoms with Gasteiger partial charge in [0.25, 0.3) is 5.91 Å². The van der Waals surface area contributed by atoms with Crippen molar-refractivity contribution in [3.05, 3.63) is 71.3 Å². The third-order valence-electron chi connectivity index (χ3n) is 4.04. The predicted octanol–water partition coefficient (Wildman–Crippen LogP) is 4.85. The molecule has 1 aliphatic carbocycles. The summed E-state index contributed by atoms with van der Waals surface area (Å²) >= 11 is 5.81. The number of anilines is 1. The third-order valence-corrected chi connectivity index (χ3v) is 4.29. The van der Waals surface area contributed by atoms with Crippen molar-refractivity contribution in [1.29, 1.82) is 0 Å². The zero-order chi connectivity index (χ0) is 17.6. The smallest absolute Gasteiger partial charge is 0.314 e. The van der Waals surface area contributed by atoms with Crippen LogP contribution in [0.4, 0.5) is 5.69 Å². The molecule has 0 aliphatic heterocycles. The maximum absolute atomic E-state index is 12.1. The number of hydrogen-bond donors (Lipinski definition) is 1. The molecule has 2 aromatic rings. The van der Waals surface area contributed by atoms with E-state index >= 15 is 0 Å². The Morgan fingerprint density at radius 1 is 1.00 bits per heavy atom. The summed E-state index contributed by atoms with van der Waals surface area (Å²) in [6.07, 6.45) is 6.57. The van der Waals surface area contributed by atoms with Crippen LogP contribution >= 0.6 is 11.6 Å². The van der Waals surface area contributed by atoms with Gasteiger partial charge >= 0.3 is 5.97 Å². The van der Waals surface area contributed by atoms with Crippen molar-refractivity contribution in [2.75, 3.05) is 5.32 Å². The SMILES string of the molecule is O=C(Nc1ccc(OC(=O)[C@@H]2CC=CCC2)cc1)c1ccc(Cl)cc1. The van der Waals surface area contributed by atoms with Crippen LogP contribution in [0.5, 0.6) is 5.75 Å². The van der Waals surface area contributed by atoms with E-state index in [0.29, 0.717) is 22.0 Å². The van der Waals surface area contributed by atoms with Crippen molar-refractivity contribution >= 4 is 29.2 Å². The lowest BCUT2D eigenvalue weighted by molar-refractivity contribution is -0.139. The largest absolute Gasteiger partial charge is 0.426 e. The molecule has 0 saturated heterocycles. The van der Waals surface area contributed by atoms with Gasteiger partial charge < -0.3 is 10.1 Å². The number of halogens is 1. The minimum atomic E-state index is -0.226. The third kappa shape index (κ3) is 4.70. The monoisotopic (exact) mass is 355 g/mol. The molecular weight excluding hydrogens is 338 g/mol. The molecule has 0 radical (unpaired) electrons. The molecule has 0 spiro atoms. The molecular formula is C20H18ClNO3. The zero-order valence-corrected chi connectivity index (χ0v) is 14.3. The molecule has 4 nitrogen and oxygen atoms in total. The van der Waals surface area contributed by atoms with Crippen LogP contribution in [0.25, 0.3) is 0 Å². The fourth-order valence-electron chi connectivity index (χ4n) is 2.62. The Morgan fingerprint density at radius 2 is 1.72 bits per heavy atom. The van der Waals surface area contributed by atoms with E-state index in [0.717, 1.165) is 19.3 Å². The Balaban J connectivity index is 1.58. The minimum absolute atomic E-state index is 0.0747. The highest BCUT2D eigenvalue weighted by molar-refractivity contribution is 6.30. The quantitative estimate of drug-likeness (QED) is 0.484. The van der Waals surface area contributed by atoms with Crippen LogP contribution in [0.15, 0.2) is 60.7 Å². The molecule has 1 atom stereocenters. The number of rotatable bonds is 4. The normalized spacial score (nSPS) is 16.3. The van der Waals surface area contributed by atoms with Crippen LogP contribution in [0.3, 0.4) is 0 Å². The van der Waals surface area contributed by atoms with Crippen LogP contribution in [0, 0.1) is 5.92 Å². The second kappa shape index (κ2) is 7.99. The molecule has 1 aliphatic rings. The number of carbonyl (C=O) groups excluding carboxylic acids is 2. The molecule has 25 heavy (non-hydrogen) atoms. The van der Waals surface area contributed by atoms with E-state index in [2.05, 4.69) is 11.4 Å². The molecule has 0 unspecified atom stereocenters. The number of esters is 1. The van der Waals surface area contributed by atoms with Gasteiger partial charge in [-0.1, -0.05) is 23.8 Å². The number of hydrogen-bond acceptors (Lipinski definition) is 3. The van der Waals surface area contributed by atoms with Crippen molar-refractivity contribution in [1.82, 2.24) is 0 Å². The van der Waals surface area contributed by atoms with Crippen LogP contribution < -0.4 is 10.1 Å². The van der Waals surface area contributed by atoms with E-state index in [1.165, 1.54) is 0 Å². The second-order valence-corrected chi connectivity index (χ2v) is 6.32. The van der Waals surface area contributed by atoms with E-state index in [1.54, 1.807) is 48.5 Å². The molecule has 0 heterocycles. The maximum Gasteiger partial charge on any atom is 0.314 e. The van der Waals surface area contributed by atoms with Gasteiger partial charge in [-0.15, -0.1) is 0 Å². The Hall–Kier alpha value is -2.59. The highest BCUT2D eigenvalue weighted by atomic mass is 35.5. The van der Waals surface area contributed by atoms with E-state index in [4.69, 9.17) is 16.3 Å². The lowest BCUT2D eigenvalue weighted by Crippen LogP contribution is -2.21. The van der Waals surface area contributed by atoms with Gasteiger partial charge in [0.2, 0.25) is 0 Å². The Kier molecular flexibility index (Phi) is 5.51. The highest BCUT2D eigenvalue weighted by Crippen LogP contribution is 2.22. The van der Waals surface area contributed by atoms with Crippen LogP contribution in [-0.4, -0.2) is 11.9 Å². The van der Waals surface area contributed by atoms with E-state index in [9.17, 15) is 9.59 Å². The predicted molar refractivity (Wildman–Crippen MR) is 98.0 cm³/mol. The van der Waals surface area contributed by atoms with Gasteiger partial charge in [0, 0.05) is 16.3 Å². The lowest BCUT2D eigenvalue weighted by Gasteiger charge is -2.16. The number of allylic oxidation sites excluding steroid dienone is 2. The van der Waals surface area contributed by atoms with Gasteiger partial charge in [-0.3, -0.25) is 9.59 Å². The second-order valence-electron chi connectivity index (χ2n) is 5.89. The summed E-state index contributed by atoms with van der Waals surface area (Å²) in [6, 6.07) is 13.4. The summed E-state index contributed by atoms with van der Waals surface area (Å²) < 4.78 is 5.41. The molecule has 1 amide bonds. The summed E-state index contributed by atoms with van der Waals surface area (Å²) in [5, 5.41) is 3.37. The number of benzene rings is 2. The first-order valence-electron chi connectivity index (χ1n) is 8.15. The molecule has 5 heteroatoms. The van der Waals surface area contributed by atoms with Crippen molar-refractivity contribution in [2.45, 2.75) is 19.3 Å². The molecule has 128 valence electrons. The van der Waals surface area contributed by atoms with Crippen LogP contribution in [0.1, 0.15) is 29.6 Å². The van der Waals surface area contributed by atoms with Gasteiger partial charge in [-0.25, -0.2) is 0 Å². The zero-order valence-electron chi connectivity index (χ0n) is 13.6. The number of carbonyl (C=O) groups is 2. The van der Waals surface area contributed by atoms with E-state index < -0.39 is 0 Å². The molecule has 1 N–H and O–H groups in total. The Labute approximate surface area is 151 Å². The minimum Gasteiger partial charge on any atom is -0.426 e. The number of ether oxygens (including phenoxy) is 1. The van der Waals surface area contributed by atoms with E-state index in [1.807, 2.05) is 6.08 Å². The van der Waals surface area contributed by atoms with Gasteiger partial charge in [0.05, 0.1) is 5.92 Å². The van der Waals surface area contributed by atoms with Crippen molar-refractivity contribution in [3.63, 3.8) is 0 Å². The summed E-state index contributed by atoms with van der Waals surface area (Å²) in [4.78, 5) is 24.3. The average Bonchev–Trinajstić information content (AvgIpc) is 2.64. The number of nitrogens with one attached hydrogen (secondary N) is 1. The molecule has 0 aromatic heterocycles. The van der Waals surface area contributed by atoms with Gasteiger partial charge in [0.1, 0.15) is 5.75 Å². The molecule has 2 aromatic carbocycles. The first-order valence-corrected chi connectivity index (χ1v) is 8.53. The average molecular weight is 356 g/mol. The first-order chi connectivity index (χ1) is 12.1. The maximum atomic E-state index is 12.1.